The van der Waals surface area contributed by atoms with E-state index in [4.69, 9.17) is 6.85 Å². The first-order chi connectivity index (χ1) is 19.6. The van der Waals surface area contributed by atoms with E-state index in [1.807, 2.05) is 6.07 Å². The number of aryl methyl sites for hydroxylation is 1. The molecule has 5 rings (SSSR count). The average molecular weight is 485 g/mol. The highest BCUT2D eigenvalue weighted by Gasteiger charge is 2.12. The van der Waals surface area contributed by atoms with Gasteiger partial charge in [0.05, 0.1) is 5.69 Å². The molecule has 2 aromatic carbocycles. The zero-order chi connectivity index (χ0) is 29.0. The first-order valence-electron chi connectivity index (χ1n) is 14.1. The Kier molecular flexibility index (Phi) is 5.59. The van der Waals surface area contributed by atoms with Gasteiger partial charge in [0.25, 0.3) is 5.91 Å². The molecule has 1 saturated heterocycles. The van der Waals surface area contributed by atoms with Crippen LogP contribution >= 0.6 is 0 Å². The molecule has 1 aliphatic heterocycles. The number of hydrogen-bond acceptors (Lipinski definition) is 7. The number of piperazine rings is 1. The second-order valence-electron chi connectivity index (χ2n) is 8.27. The highest BCUT2D eigenvalue weighted by molar-refractivity contribution is 6.04. The Morgan fingerprint density at radius 1 is 1.11 bits per heavy atom. The van der Waals surface area contributed by atoms with E-state index >= 15 is 0 Å². The van der Waals surface area contributed by atoms with E-state index in [1.54, 1.807) is 59.9 Å². The number of anilines is 3. The number of pyridine rings is 1. The Hall–Kier alpha value is -4.14. The van der Waals surface area contributed by atoms with Gasteiger partial charge in [-0.05, 0) is 60.4 Å². The normalized spacial score (nSPS) is 16.6. The summed E-state index contributed by atoms with van der Waals surface area (Å²) in [5, 5.41) is 9.01. The Bertz CT molecular complexity index is 1510. The molecule has 8 nitrogen and oxygen atoms in total. The smallest absolute Gasteiger partial charge is 0.255 e. The molecule has 0 spiro atoms. The van der Waals surface area contributed by atoms with Gasteiger partial charge >= 0.3 is 0 Å². The number of aromatic nitrogens is 3. The lowest BCUT2D eigenvalue weighted by Crippen LogP contribution is -2.42. The second-order valence-corrected chi connectivity index (χ2v) is 8.27. The standard InChI is InChI=1S/C28H29N7O/c1-20-4-9-24(17-26(20)34-28-31-12-10-25(33-28)23-3-2-11-30-18-23)32-27(36)22-7-5-21(6-8-22)19-35-15-13-29-14-16-35/h2-12,17-18,29H,13-16,19H2,1H3,(H,32,36)(H,31,33,34)/i1D3,19D2. The molecule has 182 valence electrons. The third-order valence-corrected chi connectivity index (χ3v) is 5.69. The first kappa shape index (κ1) is 18.2. The maximum atomic E-state index is 13.0. The van der Waals surface area contributed by atoms with E-state index in [2.05, 4.69) is 30.9 Å². The van der Waals surface area contributed by atoms with Crippen molar-refractivity contribution >= 4 is 23.2 Å². The van der Waals surface area contributed by atoms with Crippen molar-refractivity contribution in [3.8, 4) is 11.3 Å². The SMILES string of the molecule is [2H]C([2H])([2H])c1ccc(NC(=O)c2ccc(C([2H])([2H])N3CCNCC3)cc2)cc1Nc1nccc(-c2cccnc2)n1. The van der Waals surface area contributed by atoms with Crippen molar-refractivity contribution in [2.45, 2.75) is 13.3 Å². The Labute approximate surface area is 217 Å². The van der Waals surface area contributed by atoms with Crippen LogP contribution in [0.25, 0.3) is 11.3 Å². The number of carbonyl (C=O) groups is 1. The lowest BCUT2D eigenvalue weighted by molar-refractivity contribution is 0.102. The van der Waals surface area contributed by atoms with Crippen molar-refractivity contribution in [3.63, 3.8) is 0 Å². The maximum absolute atomic E-state index is 13.0. The van der Waals surface area contributed by atoms with Gasteiger partial charge in [-0.1, -0.05) is 18.2 Å². The third-order valence-electron chi connectivity index (χ3n) is 5.69. The van der Waals surface area contributed by atoms with Crippen molar-refractivity contribution in [2.24, 2.45) is 0 Å². The molecule has 0 aliphatic carbocycles. The van der Waals surface area contributed by atoms with Crippen molar-refractivity contribution in [1.29, 1.82) is 0 Å². The minimum atomic E-state index is -2.43. The summed E-state index contributed by atoms with van der Waals surface area (Å²) in [6.07, 6.45) is 4.89. The molecular weight excluding hydrogens is 450 g/mol. The number of carbonyl (C=O) groups excluding carboxylic acids is 1. The number of nitrogens with zero attached hydrogens (tertiary/aromatic N) is 4. The molecule has 1 fully saturated rings. The zero-order valence-corrected chi connectivity index (χ0v) is 19.5. The molecular formula is C28H29N7O. The van der Waals surface area contributed by atoms with Gasteiger partial charge in [-0.2, -0.15) is 0 Å². The van der Waals surface area contributed by atoms with Crippen LogP contribution in [0.2, 0.25) is 0 Å². The summed E-state index contributed by atoms with van der Waals surface area (Å²) in [6.45, 7) is -1.45. The predicted octanol–water partition coefficient (Wildman–Crippen LogP) is 4.25. The van der Waals surface area contributed by atoms with Gasteiger partial charge in [-0.3, -0.25) is 14.7 Å². The number of nitrogens with one attached hydrogen (secondary N) is 3. The summed E-state index contributed by atoms with van der Waals surface area (Å²) in [6, 6.07) is 16.3. The molecule has 0 radical (unpaired) electrons. The summed E-state index contributed by atoms with van der Waals surface area (Å²) < 4.78 is 41.0. The van der Waals surface area contributed by atoms with Gasteiger partial charge in [0, 0.05) is 80.6 Å². The number of hydrogen-bond donors (Lipinski definition) is 3. The molecule has 0 bridgehead atoms. The van der Waals surface area contributed by atoms with Crippen LogP contribution in [-0.4, -0.2) is 51.9 Å². The van der Waals surface area contributed by atoms with Crippen LogP contribution in [0, 0.1) is 6.85 Å². The molecule has 2 aromatic heterocycles. The quantitative estimate of drug-likeness (QED) is 0.361. The van der Waals surface area contributed by atoms with E-state index in [0.29, 0.717) is 35.6 Å². The number of rotatable bonds is 7. The molecule has 8 heteroatoms. The second kappa shape index (κ2) is 11.1. The minimum absolute atomic E-state index is 0.0466. The zero-order valence-electron chi connectivity index (χ0n) is 24.5. The van der Waals surface area contributed by atoms with Crippen LogP contribution in [0.5, 0.6) is 0 Å². The monoisotopic (exact) mass is 484 g/mol. The Balaban J connectivity index is 1.35. The van der Waals surface area contributed by atoms with Gasteiger partial charge in [0.15, 0.2) is 0 Å². The van der Waals surface area contributed by atoms with Gasteiger partial charge in [0.2, 0.25) is 5.95 Å². The van der Waals surface area contributed by atoms with Crippen molar-refractivity contribution in [3.05, 3.63) is 95.9 Å². The molecule has 0 atom stereocenters. The Morgan fingerprint density at radius 3 is 2.75 bits per heavy atom. The molecule has 1 aliphatic rings. The van der Waals surface area contributed by atoms with Crippen LogP contribution < -0.4 is 16.0 Å². The summed E-state index contributed by atoms with van der Waals surface area (Å²) in [7, 11) is 0. The molecule has 3 heterocycles. The van der Waals surface area contributed by atoms with Crippen molar-refractivity contribution in [1.82, 2.24) is 25.2 Å². The molecule has 0 saturated carbocycles. The summed E-state index contributed by atoms with van der Waals surface area (Å²) in [4.78, 5) is 27.6. The fourth-order valence-corrected chi connectivity index (χ4v) is 3.80. The van der Waals surface area contributed by atoms with Crippen LogP contribution in [0.15, 0.2) is 79.3 Å². The summed E-state index contributed by atoms with van der Waals surface area (Å²) in [5.74, 6) is -0.226. The molecule has 36 heavy (non-hydrogen) atoms. The number of amides is 1. The van der Waals surface area contributed by atoms with Crippen molar-refractivity contribution < 1.29 is 11.6 Å². The maximum Gasteiger partial charge on any atom is 0.255 e. The average Bonchev–Trinajstić information content (AvgIpc) is 2.98. The van der Waals surface area contributed by atoms with Crippen molar-refractivity contribution in [2.75, 3.05) is 36.8 Å². The van der Waals surface area contributed by atoms with Crippen LogP contribution in [0.3, 0.4) is 0 Å². The largest absolute Gasteiger partial charge is 0.324 e. The highest BCUT2D eigenvalue weighted by atomic mass is 16.1. The minimum Gasteiger partial charge on any atom is -0.324 e. The van der Waals surface area contributed by atoms with Crippen LogP contribution in [0.4, 0.5) is 17.3 Å². The molecule has 1 amide bonds. The molecule has 4 aromatic rings. The lowest BCUT2D eigenvalue weighted by atomic mass is 10.1. The summed E-state index contributed by atoms with van der Waals surface area (Å²) >= 11 is 0. The molecule has 3 N–H and O–H groups in total. The summed E-state index contributed by atoms with van der Waals surface area (Å²) in [5.41, 5.74) is 2.84. The first-order valence-corrected chi connectivity index (χ1v) is 11.6. The van der Waals surface area contributed by atoms with E-state index in [9.17, 15) is 4.79 Å². The van der Waals surface area contributed by atoms with E-state index in [-0.39, 0.29) is 17.2 Å². The predicted molar refractivity (Wildman–Crippen MR) is 142 cm³/mol. The highest BCUT2D eigenvalue weighted by Crippen LogP contribution is 2.24. The van der Waals surface area contributed by atoms with Crippen LogP contribution in [0.1, 0.15) is 28.3 Å². The lowest BCUT2D eigenvalue weighted by Gasteiger charge is -2.27. The molecule has 0 unspecified atom stereocenters. The number of benzene rings is 2. The van der Waals surface area contributed by atoms with Gasteiger partial charge < -0.3 is 16.0 Å². The van der Waals surface area contributed by atoms with E-state index in [0.717, 1.165) is 18.7 Å². The van der Waals surface area contributed by atoms with Crippen LogP contribution in [-0.2, 0) is 6.50 Å². The topological polar surface area (TPSA) is 95.1 Å². The third kappa shape index (κ3) is 5.91. The van der Waals surface area contributed by atoms with E-state index in [1.165, 1.54) is 18.2 Å². The fraction of sp³-hybridized carbons (Fsp3) is 0.214. The van der Waals surface area contributed by atoms with Gasteiger partial charge in [-0.25, -0.2) is 9.97 Å². The Morgan fingerprint density at radius 2 is 1.97 bits per heavy atom. The van der Waals surface area contributed by atoms with Gasteiger partial charge in [-0.15, -0.1) is 0 Å². The fourth-order valence-electron chi connectivity index (χ4n) is 3.80. The van der Waals surface area contributed by atoms with E-state index < -0.39 is 19.3 Å². The van der Waals surface area contributed by atoms with Gasteiger partial charge in [0.1, 0.15) is 0 Å².